The lowest BCUT2D eigenvalue weighted by Gasteiger charge is -1.97. The highest BCUT2D eigenvalue weighted by molar-refractivity contribution is 5.06. The van der Waals surface area contributed by atoms with E-state index in [0.717, 1.165) is 0 Å². The zero-order chi connectivity index (χ0) is 5.11. The van der Waals surface area contributed by atoms with Crippen LogP contribution in [0.3, 0.4) is 0 Å². The molecule has 0 heterocycles. The summed E-state index contributed by atoms with van der Waals surface area (Å²) in [5, 5.41) is 0. The van der Waals surface area contributed by atoms with Gasteiger partial charge in [-0.2, -0.15) is 0 Å². The van der Waals surface area contributed by atoms with Gasteiger partial charge in [0.1, 0.15) is 0 Å². The predicted octanol–water partition coefficient (Wildman–Crippen LogP) is 2.24. The average Bonchev–Trinajstić information content (AvgIpc) is 2.14. The Hall–Kier alpha value is 0. The lowest BCUT2D eigenvalue weighted by molar-refractivity contribution is 0.846. The molecule has 1 aliphatic rings. The molecule has 3 radical (unpaired) electrons. The van der Waals surface area contributed by atoms with Crippen LogP contribution in [-0.4, -0.2) is 0 Å². The Bertz CT molecular complexity index is 42.0. The standard InChI is InChI=1S/C7H11/c1-2-7-5-3-4-6-7/h2-5H2,1H3. The molecular weight excluding hydrogens is 84.1 g/mol. The highest BCUT2D eigenvalue weighted by atomic mass is 14.2. The van der Waals surface area contributed by atoms with Crippen molar-refractivity contribution in [3.8, 4) is 0 Å². The van der Waals surface area contributed by atoms with Crippen LogP contribution in [-0.2, 0) is 0 Å². The summed E-state index contributed by atoms with van der Waals surface area (Å²) in [6, 6.07) is 0. The summed E-state index contributed by atoms with van der Waals surface area (Å²) >= 11 is 0. The van der Waals surface area contributed by atoms with Crippen molar-refractivity contribution in [2.45, 2.75) is 32.6 Å². The molecule has 0 aliphatic heterocycles. The van der Waals surface area contributed by atoms with Gasteiger partial charge in [-0.15, -0.1) is 0 Å². The Morgan fingerprint density at radius 3 is 2.86 bits per heavy atom. The molecule has 0 nitrogen and oxygen atoms in total. The van der Waals surface area contributed by atoms with Gasteiger partial charge in [0, 0.05) is 0 Å². The molecule has 0 aromatic rings. The second-order valence-electron chi connectivity index (χ2n) is 1.99. The maximum atomic E-state index is 3.32. The Balaban J connectivity index is 2.14. The first-order valence-electron chi connectivity index (χ1n) is 3.02. The van der Waals surface area contributed by atoms with Gasteiger partial charge >= 0.3 is 0 Å². The summed E-state index contributed by atoms with van der Waals surface area (Å²) in [7, 11) is 0. The van der Waals surface area contributed by atoms with Gasteiger partial charge in [0.15, 0.2) is 0 Å². The van der Waals surface area contributed by atoms with E-state index in [0.29, 0.717) is 0 Å². The van der Waals surface area contributed by atoms with E-state index in [4.69, 9.17) is 0 Å². The van der Waals surface area contributed by atoms with Crippen molar-refractivity contribution < 1.29 is 0 Å². The van der Waals surface area contributed by atoms with Gasteiger partial charge in [-0.25, -0.2) is 0 Å². The maximum absolute atomic E-state index is 3.32. The van der Waals surface area contributed by atoms with E-state index in [9.17, 15) is 0 Å². The Kier molecular flexibility index (Phi) is 1.72. The predicted molar refractivity (Wildman–Crippen MR) is 30.6 cm³/mol. The van der Waals surface area contributed by atoms with Crippen molar-refractivity contribution in [2.24, 2.45) is 0 Å². The van der Waals surface area contributed by atoms with Crippen molar-refractivity contribution in [3.05, 3.63) is 12.3 Å². The molecule has 0 amide bonds. The van der Waals surface area contributed by atoms with Gasteiger partial charge in [0.25, 0.3) is 0 Å². The van der Waals surface area contributed by atoms with Gasteiger partial charge in [-0.05, 0) is 31.6 Å². The molecule has 0 aromatic carbocycles. The van der Waals surface area contributed by atoms with Crippen LogP contribution < -0.4 is 0 Å². The molecular formula is C7H11. The van der Waals surface area contributed by atoms with Crippen molar-refractivity contribution in [1.82, 2.24) is 0 Å². The van der Waals surface area contributed by atoms with Gasteiger partial charge in [0.05, 0.1) is 0 Å². The summed E-state index contributed by atoms with van der Waals surface area (Å²) in [6.07, 6.45) is 8.42. The fourth-order valence-corrected chi connectivity index (χ4v) is 0.957. The Morgan fingerprint density at radius 1 is 1.71 bits per heavy atom. The van der Waals surface area contributed by atoms with E-state index in [1.807, 2.05) is 0 Å². The van der Waals surface area contributed by atoms with Crippen molar-refractivity contribution in [2.75, 3.05) is 0 Å². The van der Waals surface area contributed by atoms with Crippen LogP contribution in [0.2, 0.25) is 0 Å². The largest absolute Gasteiger partial charge is 0.0648 e. The first kappa shape index (κ1) is 5.14. The molecule has 0 bridgehead atoms. The summed E-state index contributed by atoms with van der Waals surface area (Å²) < 4.78 is 0. The van der Waals surface area contributed by atoms with Gasteiger partial charge in [0.2, 0.25) is 0 Å². The van der Waals surface area contributed by atoms with E-state index >= 15 is 0 Å². The molecule has 39 valence electrons. The third-order valence-electron chi connectivity index (χ3n) is 1.46. The van der Waals surface area contributed by atoms with Gasteiger partial charge < -0.3 is 0 Å². The lowest BCUT2D eigenvalue weighted by atomic mass is 10.1. The molecule has 1 fully saturated rings. The molecule has 0 spiro atoms. The topological polar surface area (TPSA) is 0 Å². The molecule has 7 heavy (non-hydrogen) atoms. The first-order valence-corrected chi connectivity index (χ1v) is 3.02. The van der Waals surface area contributed by atoms with E-state index < -0.39 is 0 Å². The van der Waals surface area contributed by atoms with Crippen molar-refractivity contribution >= 4 is 0 Å². The SMILES string of the molecule is CC[C]1[C]CCC1. The van der Waals surface area contributed by atoms with Crippen LogP contribution in [0.15, 0.2) is 0 Å². The fourth-order valence-electron chi connectivity index (χ4n) is 0.957. The smallest absolute Gasteiger partial charge is 0.0100 e. The van der Waals surface area contributed by atoms with Crippen LogP contribution in [0.1, 0.15) is 32.6 Å². The van der Waals surface area contributed by atoms with Crippen LogP contribution in [0.25, 0.3) is 0 Å². The van der Waals surface area contributed by atoms with Crippen molar-refractivity contribution in [1.29, 1.82) is 0 Å². The van der Waals surface area contributed by atoms with E-state index in [2.05, 4.69) is 13.3 Å². The minimum absolute atomic E-state index is 1.21. The monoisotopic (exact) mass is 95.1 g/mol. The van der Waals surface area contributed by atoms with Crippen LogP contribution in [0, 0.1) is 12.3 Å². The average molecular weight is 95.2 g/mol. The summed E-state index contributed by atoms with van der Waals surface area (Å²) in [4.78, 5) is 0. The molecule has 1 aliphatic carbocycles. The normalized spacial score (nSPS) is 23.6. The fraction of sp³-hybridized carbons (Fsp3) is 0.714. The molecule has 0 N–H and O–H groups in total. The number of hydrogen-bond acceptors (Lipinski definition) is 0. The van der Waals surface area contributed by atoms with Gasteiger partial charge in [-0.3, -0.25) is 0 Å². The van der Waals surface area contributed by atoms with Crippen LogP contribution in [0.4, 0.5) is 0 Å². The zero-order valence-corrected chi connectivity index (χ0v) is 4.83. The third-order valence-corrected chi connectivity index (χ3v) is 1.46. The molecule has 0 unspecified atom stereocenters. The van der Waals surface area contributed by atoms with Gasteiger partial charge in [-0.1, -0.05) is 13.3 Å². The summed E-state index contributed by atoms with van der Waals surface area (Å²) in [6.45, 7) is 2.20. The van der Waals surface area contributed by atoms with E-state index in [-0.39, 0.29) is 0 Å². The maximum Gasteiger partial charge on any atom is -0.0100 e. The minimum Gasteiger partial charge on any atom is -0.0648 e. The highest BCUT2D eigenvalue weighted by Crippen LogP contribution is 2.27. The quantitative estimate of drug-likeness (QED) is 0.468. The molecule has 1 saturated carbocycles. The van der Waals surface area contributed by atoms with Crippen molar-refractivity contribution in [3.63, 3.8) is 0 Å². The lowest BCUT2D eigenvalue weighted by Crippen LogP contribution is -1.84. The van der Waals surface area contributed by atoms with Crippen LogP contribution in [0.5, 0.6) is 0 Å². The molecule has 0 saturated heterocycles. The van der Waals surface area contributed by atoms with Crippen LogP contribution >= 0.6 is 0 Å². The van der Waals surface area contributed by atoms with E-state index in [1.54, 1.807) is 5.92 Å². The second-order valence-corrected chi connectivity index (χ2v) is 1.99. The molecule has 1 rings (SSSR count). The summed E-state index contributed by atoms with van der Waals surface area (Å²) in [5.74, 6) is 1.54. The second kappa shape index (κ2) is 2.34. The third kappa shape index (κ3) is 1.19. The Labute approximate surface area is 45.9 Å². The zero-order valence-electron chi connectivity index (χ0n) is 4.83. The molecule has 0 heteroatoms. The first-order chi connectivity index (χ1) is 3.43. The Morgan fingerprint density at radius 2 is 2.57 bits per heavy atom. The summed E-state index contributed by atoms with van der Waals surface area (Å²) in [5.41, 5.74) is 0. The molecule has 0 atom stereocenters. The van der Waals surface area contributed by atoms with E-state index in [1.165, 1.54) is 25.7 Å². The minimum atomic E-state index is 1.21. The number of hydrogen-bond donors (Lipinski definition) is 0. The highest BCUT2D eigenvalue weighted by Gasteiger charge is 2.12. The number of rotatable bonds is 1. The molecule has 0 aromatic heterocycles.